The van der Waals surface area contributed by atoms with E-state index < -0.39 is 0 Å². The van der Waals surface area contributed by atoms with Gasteiger partial charge >= 0.3 is 0 Å². The van der Waals surface area contributed by atoms with E-state index in [0.717, 1.165) is 77.5 Å². The molecule has 2 aromatic heterocycles. The number of aryl methyl sites for hydroxylation is 2. The van der Waals surface area contributed by atoms with Crippen molar-refractivity contribution in [2.24, 2.45) is 0 Å². The molecule has 0 amide bonds. The number of aromatic nitrogens is 2. The average Bonchev–Trinajstić information content (AvgIpc) is 3.46. The van der Waals surface area contributed by atoms with Gasteiger partial charge in [-0.25, -0.2) is 9.97 Å². The van der Waals surface area contributed by atoms with Crippen LogP contribution >= 0.6 is 32.2 Å². The largest absolute Gasteiger partial charge is 0.304 e. The van der Waals surface area contributed by atoms with E-state index in [-0.39, 0.29) is 5.92 Å². The number of hydrogen-bond donors (Lipinski definition) is 1. The minimum atomic E-state index is -0.0491. The van der Waals surface area contributed by atoms with E-state index in [1.54, 1.807) is 11.3 Å². The summed E-state index contributed by atoms with van der Waals surface area (Å²) in [5.74, 6) is 0.584. The lowest BCUT2D eigenvalue weighted by atomic mass is 9.78. The lowest BCUT2D eigenvalue weighted by Crippen LogP contribution is -2.25. The maximum atomic E-state index is 9.82. The zero-order valence-electron chi connectivity index (χ0n) is 23.0. The third kappa shape index (κ3) is 6.87. The first-order valence-electron chi connectivity index (χ1n) is 13.7. The van der Waals surface area contributed by atoms with E-state index in [1.165, 1.54) is 24.3 Å². The average molecular weight is 558 g/mol. The van der Waals surface area contributed by atoms with Crippen LogP contribution in [0, 0.1) is 16.7 Å². The molecule has 0 aromatic carbocycles. The molecule has 3 heterocycles. The monoisotopic (exact) mass is 557 g/mol. The summed E-state index contributed by atoms with van der Waals surface area (Å²) in [6.07, 6.45) is 9.11. The molecule has 1 saturated heterocycles. The highest BCUT2D eigenvalue weighted by atomic mass is 35.5. The van der Waals surface area contributed by atoms with Gasteiger partial charge in [0.15, 0.2) is 5.82 Å². The van der Waals surface area contributed by atoms with Gasteiger partial charge in [0.25, 0.3) is 0 Å². The van der Waals surface area contributed by atoms with Crippen molar-refractivity contribution in [1.82, 2.24) is 14.9 Å². The summed E-state index contributed by atoms with van der Waals surface area (Å²) in [5, 5.41) is 19.6. The lowest BCUT2D eigenvalue weighted by molar-refractivity contribution is 0.296. The molecule has 1 N–H and O–H groups in total. The molecule has 2 aromatic rings. The Labute approximate surface area is 234 Å². The minimum absolute atomic E-state index is 0.0491. The van der Waals surface area contributed by atoms with E-state index in [2.05, 4.69) is 39.2 Å². The number of rotatable bonds is 8. The van der Waals surface area contributed by atoms with E-state index in [0.29, 0.717) is 22.7 Å². The molecule has 37 heavy (non-hydrogen) atoms. The Morgan fingerprint density at radius 2 is 2.05 bits per heavy atom. The number of fused-ring (bicyclic) bond motifs is 1. The molecule has 0 radical (unpaired) electrons. The van der Waals surface area contributed by atoms with E-state index in [9.17, 15) is 10.7 Å². The number of nitrogens with zero attached hydrogens (tertiary/aromatic N) is 4. The Kier molecular flexibility index (Phi) is 11.3. The molecule has 0 saturated carbocycles. The Balaban J connectivity index is 0.00000186. The number of nitrogens with one attached hydrogen (secondary N) is 1. The van der Waals surface area contributed by atoms with Crippen LogP contribution in [0.3, 0.4) is 0 Å². The molecule has 0 bridgehead atoms. The third-order valence-electron chi connectivity index (χ3n) is 7.52. The van der Waals surface area contributed by atoms with Crippen LogP contribution in [0.1, 0.15) is 106 Å². The molecule has 4 rings (SSSR count). The molecule has 3 atom stereocenters. The summed E-state index contributed by atoms with van der Waals surface area (Å²) in [5.41, 5.74) is 5.34. The lowest BCUT2D eigenvalue weighted by Gasteiger charge is -2.26. The van der Waals surface area contributed by atoms with Crippen molar-refractivity contribution in [3.8, 4) is 6.07 Å². The quantitative estimate of drug-likeness (QED) is 0.209. The fourth-order valence-electron chi connectivity index (χ4n) is 5.62. The predicted octanol–water partition coefficient (Wildman–Crippen LogP) is 7.33. The summed E-state index contributed by atoms with van der Waals surface area (Å²) in [6.45, 7) is 9.34. The standard InChI is InChI=1S/C27H35ClN5PS.C2H6/c1-4-7-19(25(30)20-9-5-10-22-24(20)21(15-29)27(34)35-22)16(2)26-31-17(14-23(28)32-26)11-12-18-8-6-13-33(18)3;1-2/h14,18,20,30H,4-13,34H2,1-3H3;1-2H3/b19-16+,30-25?;/t18-,20-;/m0./s1. The second-order valence-corrected chi connectivity index (χ2v) is 12.3. The number of nitriles is 1. The number of allylic oxidation sites excluding steroid dienone is 2. The number of likely N-dealkylation sites (tertiary alicyclic amines) is 1. The van der Waals surface area contributed by atoms with Gasteiger partial charge < -0.3 is 10.3 Å². The molecule has 0 spiro atoms. The van der Waals surface area contributed by atoms with Gasteiger partial charge in [0, 0.05) is 32.9 Å². The molecule has 5 nitrogen and oxygen atoms in total. The van der Waals surface area contributed by atoms with Gasteiger partial charge in [-0.05, 0) is 94.7 Å². The first-order valence-corrected chi connectivity index (χ1v) is 15.4. The summed E-state index contributed by atoms with van der Waals surface area (Å²) >= 11 is 8.16. The van der Waals surface area contributed by atoms with E-state index in [1.807, 2.05) is 26.8 Å². The van der Waals surface area contributed by atoms with Crippen LogP contribution in [-0.2, 0) is 12.8 Å². The van der Waals surface area contributed by atoms with Crippen molar-refractivity contribution in [2.75, 3.05) is 13.6 Å². The van der Waals surface area contributed by atoms with Crippen molar-refractivity contribution < 1.29 is 0 Å². The molecule has 1 unspecified atom stereocenters. The van der Waals surface area contributed by atoms with Crippen LogP contribution in [0.25, 0.3) is 5.57 Å². The van der Waals surface area contributed by atoms with Crippen molar-refractivity contribution in [3.05, 3.63) is 44.3 Å². The van der Waals surface area contributed by atoms with E-state index >= 15 is 0 Å². The highest BCUT2D eigenvalue weighted by molar-refractivity contribution is 7.43. The predicted molar refractivity (Wildman–Crippen MR) is 162 cm³/mol. The summed E-state index contributed by atoms with van der Waals surface area (Å²) < 4.78 is 0.991. The fraction of sp³-hybridized carbons (Fsp3) is 0.586. The van der Waals surface area contributed by atoms with Crippen LogP contribution in [0.2, 0.25) is 5.15 Å². The van der Waals surface area contributed by atoms with Crippen LogP contribution in [-0.4, -0.2) is 40.2 Å². The molecular formula is C29H41ClN5PS. The van der Waals surface area contributed by atoms with Gasteiger partial charge in [-0.2, -0.15) is 5.26 Å². The molecular weight excluding hydrogens is 517 g/mol. The van der Waals surface area contributed by atoms with Crippen molar-refractivity contribution in [2.45, 2.75) is 97.4 Å². The van der Waals surface area contributed by atoms with Crippen LogP contribution < -0.4 is 4.62 Å². The van der Waals surface area contributed by atoms with Crippen molar-refractivity contribution in [1.29, 1.82) is 10.7 Å². The summed E-state index contributed by atoms with van der Waals surface area (Å²) in [7, 11) is 4.92. The number of hydrogen-bond acceptors (Lipinski definition) is 6. The Bertz CT molecular complexity index is 1180. The highest BCUT2D eigenvalue weighted by Gasteiger charge is 2.32. The zero-order chi connectivity index (χ0) is 27.1. The SMILES string of the molecule is CC.CCC/C(C(=N)[C@H]1CCCc2sc(P)c(C#N)c21)=C(/C)c1nc(Cl)cc(CC[C@@H]2CCCN2C)n1. The molecule has 8 heteroatoms. The highest BCUT2D eigenvalue weighted by Crippen LogP contribution is 2.41. The molecule has 1 fully saturated rings. The normalized spacial score (nSPS) is 19.9. The maximum absolute atomic E-state index is 9.82. The minimum Gasteiger partial charge on any atom is -0.304 e. The van der Waals surface area contributed by atoms with Gasteiger partial charge in [0.05, 0.1) is 5.56 Å². The second-order valence-electron chi connectivity index (χ2n) is 9.82. The zero-order valence-corrected chi connectivity index (χ0v) is 25.7. The molecule has 1 aliphatic heterocycles. The topological polar surface area (TPSA) is 76.7 Å². The van der Waals surface area contributed by atoms with Gasteiger partial charge in [0.1, 0.15) is 11.2 Å². The number of halogens is 1. The summed E-state index contributed by atoms with van der Waals surface area (Å²) in [6, 6.07) is 4.90. The summed E-state index contributed by atoms with van der Waals surface area (Å²) in [4.78, 5) is 13.2. The van der Waals surface area contributed by atoms with Gasteiger partial charge in [-0.1, -0.05) is 48.0 Å². The van der Waals surface area contributed by atoms with Gasteiger partial charge in [-0.3, -0.25) is 0 Å². The van der Waals surface area contributed by atoms with Crippen LogP contribution in [0.5, 0.6) is 0 Å². The Morgan fingerprint density at radius 1 is 1.30 bits per heavy atom. The maximum Gasteiger partial charge on any atom is 0.157 e. The smallest absolute Gasteiger partial charge is 0.157 e. The van der Waals surface area contributed by atoms with Gasteiger partial charge in [0.2, 0.25) is 0 Å². The van der Waals surface area contributed by atoms with Gasteiger partial charge in [-0.15, -0.1) is 11.3 Å². The fourth-order valence-corrected chi connectivity index (χ4v) is 7.59. The Hall–Kier alpha value is -1.64. The number of thiophene rings is 1. The third-order valence-corrected chi connectivity index (χ3v) is 9.45. The van der Waals surface area contributed by atoms with Crippen LogP contribution in [0.4, 0.5) is 0 Å². The van der Waals surface area contributed by atoms with Crippen LogP contribution in [0.15, 0.2) is 11.6 Å². The van der Waals surface area contributed by atoms with E-state index in [4.69, 9.17) is 16.6 Å². The molecule has 200 valence electrons. The second kappa shape index (κ2) is 13.9. The molecule has 1 aliphatic carbocycles. The Morgan fingerprint density at radius 3 is 2.70 bits per heavy atom. The first-order chi connectivity index (χ1) is 17.8. The first kappa shape index (κ1) is 29.9. The van der Waals surface area contributed by atoms with Crippen molar-refractivity contribution >= 4 is 48.1 Å². The molecule has 2 aliphatic rings. The van der Waals surface area contributed by atoms with Crippen molar-refractivity contribution in [3.63, 3.8) is 0 Å².